The lowest BCUT2D eigenvalue weighted by Gasteiger charge is -2.47. The number of cyclic esters (lactones) is 1. The number of ether oxygens (including phenoxy) is 7. The average molecular weight is 763 g/mol. The van der Waals surface area contributed by atoms with E-state index >= 15 is 0 Å². The molecule has 0 bridgehead atoms. The molecule has 2 aliphatic heterocycles. The minimum Gasteiger partial charge on any atom is -0.461 e. The molecule has 15 heteroatoms. The number of hydrogen-bond acceptors (Lipinski definition) is 14. The van der Waals surface area contributed by atoms with Gasteiger partial charge < -0.3 is 38.1 Å². The Labute approximate surface area is 317 Å². The number of Topliss-reactive ketones (excluding diaryl/α,β-unsaturated/α-hetero) is 2. The summed E-state index contributed by atoms with van der Waals surface area (Å²) < 4.78 is 43.2. The largest absolute Gasteiger partial charge is 0.461 e. The van der Waals surface area contributed by atoms with E-state index in [1.54, 1.807) is 39.8 Å². The highest BCUT2D eigenvalue weighted by molar-refractivity contribution is 6.00. The summed E-state index contributed by atoms with van der Waals surface area (Å²) in [4.78, 5) is 82.3. The molecule has 2 aliphatic rings. The normalized spacial score (nSPS) is 34.4. The number of esters is 3. The van der Waals surface area contributed by atoms with Gasteiger partial charge in [0.05, 0.1) is 23.9 Å². The summed E-state index contributed by atoms with van der Waals surface area (Å²) in [6.07, 6.45) is -0.675. The number of hydrogen-bond donors (Lipinski definition) is 0. The Morgan fingerprint density at radius 1 is 1.00 bits per heavy atom. The highest BCUT2D eigenvalue weighted by atomic mass is 16.7. The van der Waals surface area contributed by atoms with Gasteiger partial charge in [-0.05, 0) is 79.3 Å². The van der Waals surface area contributed by atoms with Gasteiger partial charge in [0, 0.05) is 50.8 Å². The van der Waals surface area contributed by atoms with E-state index in [0.717, 1.165) is 0 Å². The Morgan fingerprint density at radius 3 is 2.17 bits per heavy atom. The molecule has 1 fully saturated rings. The molecule has 0 saturated carbocycles. The number of nitrogens with zero attached hydrogens (tertiary/aromatic N) is 2. The third-order valence-corrected chi connectivity index (χ3v) is 10.3. The van der Waals surface area contributed by atoms with E-state index in [2.05, 4.69) is 0 Å². The van der Waals surface area contributed by atoms with Gasteiger partial charge in [-0.2, -0.15) is 0 Å². The highest BCUT2D eigenvalue weighted by Gasteiger charge is 2.51. The molecule has 0 N–H and O–H groups in total. The number of ketones is 2. The summed E-state index contributed by atoms with van der Waals surface area (Å²) in [6.45, 7) is 13.4. The zero-order valence-electron chi connectivity index (χ0n) is 33.6. The number of rotatable bonds is 9. The number of carbonyl (C=O) groups is 6. The number of carbonyl (C=O) groups excluding carboxylic acids is 6. The highest BCUT2D eigenvalue weighted by Crippen LogP contribution is 2.38. The van der Waals surface area contributed by atoms with E-state index in [0.29, 0.717) is 6.42 Å². The molecule has 15 nitrogen and oxygen atoms in total. The molecule has 1 aromatic heterocycles. The smallest absolute Gasteiger partial charge is 0.418 e. The second-order valence-corrected chi connectivity index (χ2v) is 15.0. The summed E-state index contributed by atoms with van der Waals surface area (Å²) in [6, 6.07) is 2.94. The lowest BCUT2D eigenvalue weighted by atomic mass is 9.76. The fourth-order valence-electron chi connectivity index (χ4n) is 7.33. The van der Waals surface area contributed by atoms with E-state index < -0.39 is 95.7 Å². The molecule has 1 saturated heterocycles. The lowest BCUT2D eigenvalue weighted by Crippen LogP contribution is -2.60. The Kier molecular flexibility index (Phi) is 15.3. The molecule has 0 aliphatic carbocycles. The van der Waals surface area contributed by atoms with Crippen molar-refractivity contribution in [1.82, 2.24) is 9.47 Å². The topological polar surface area (TPSA) is 175 Å². The van der Waals surface area contributed by atoms with E-state index in [1.165, 1.54) is 57.8 Å². The van der Waals surface area contributed by atoms with Crippen LogP contribution in [-0.4, -0.2) is 121 Å². The van der Waals surface area contributed by atoms with Crippen molar-refractivity contribution in [1.29, 1.82) is 0 Å². The van der Waals surface area contributed by atoms with E-state index in [4.69, 9.17) is 33.2 Å². The first kappa shape index (κ1) is 44.5. The first-order chi connectivity index (χ1) is 25.2. The Balaban J connectivity index is 2.22. The maximum Gasteiger partial charge on any atom is 0.418 e. The van der Waals surface area contributed by atoms with Crippen LogP contribution in [0.2, 0.25) is 0 Å². The monoisotopic (exact) mass is 762 g/mol. The van der Waals surface area contributed by atoms with Crippen LogP contribution < -0.4 is 0 Å². The predicted octanol–water partition coefficient (Wildman–Crippen LogP) is 4.28. The summed E-state index contributed by atoms with van der Waals surface area (Å²) in [5.74, 6) is -6.40. The predicted molar refractivity (Wildman–Crippen MR) is 194 cm³/mol. The van der Waals surface area contributed by atoms with Gasteiger partial charge in [0.25, 0.3) is 0 Å². The molecule has 0 aromatic carbocycles. The average Bonchev–Trinajstić information content (AvgIpc) is 3.65. The van der Waals surface area contributed by atoms with Crippen LogP contribution in [0.3, 0.4) is 0 Å². The third-order valence-electron chi connectivity index (χ3n) is 10.3. The van der Waals surface area contributed by atoms with Crippen molar-refractivity contribution in [3.8, 4) is 0 Å². The van der Waals surface area contributed by atoms with Crippen LogP contribution in [-0.2, 0) is 57.1 Å². The zero-order chi connectivity index (χ0) is 40.7. The van der Waals surface area contributed by atoms with Crippen LogP contribution in [0.4, 0.5) is 4.79 Å². The van der Waals surface area contributed by atoms with Crippen molar-refractivity contribution < 1.29 is 61.9 Å². The third kappa shape index (κ3) is 10.6. The molecule has 54 heavy (non-hydrogen) atoms. The van der Waals surface area contributed by atoms with Gasteiger partial charge in [0.1, 0.15) is 18.6 Å². The molecular weight excluding hydrogens is 704 g/mol. The minimum atomic E-state index is -1.77. The minimum absolute atomic E-state index is 0.0201. The molecule has 302 valence electrons. The number of methoxy groups -OCH3 is 1. The first-order valence-corrected chi connectivity index (χ1v) is 18.4. The summed E-state index contributed by atoms with van der Waals surface area (Å²) in [7, 11) is 5.11. The van der Waals surface area contributed by atoms with Crippen molar-refractivity contribution in [2.75, 3.05) is 27.8 Å². The molecule has 3 heterocycles. The maximum absolute atomic E-state index is 14.5. The lowest BCUT2D eigenvalue weighted by molar-refractivity contribution is -0.297. The zero-order valence-corrected chi connectivity index (χ0v) is 33.6. The number of aromatic nitrogens is 1. The Bertz CT molecular complexity index is 1540. The van der Waals surface area contributed by atoms with Gasteiger partial charge in [0.15, 0.2) is 29.6 Å². The van der Waals surface area contributed by atoms with Gasteiger partial charge in [-0.15, -0.1) is 0 Å². The maximum atomic E-state index is 14.5. The molecular formula is C39H58N2O13. The summed E-state index contributed by atoms with van der Waals surface area (Å²) >= 11 is 0. The Hall–Kier alpha value is -3.92. The molecule has 0 amide bonds. The first-order valence-electron chi connectivity index (χ1n) is 18.4. The van der Waals surface area contributed by atoms with E-state index in [-0.39, 0.29) is 30.6 Å². The molecule has 0 radical (unpaired) electrons. The summed E-state index contributed by atoms with van der Waals surface area (Å²) in [5, 5.41) is 0. The van der Waals surface area contributed by atoms with Gasteiger partial charge in [-0.25, -0.2) is 4.79 Å². The molecule has 11 atom stereocenters. The van der Waals surface area contributed by atoms with E-state index in [1.807, 2.05) is 25.9 Å². The van der Waals surface area contributed by atoms with Crippen LogP contribution >= 0.6 is 0 Å². The van der Waals surface area contributed by atoms with Crippen molar-refractivity contribution in [2.24, 2.45) is 17.8 Å². The van der Waals surface area contributed by atoms with Crippen LogP contribution in [0, 0.1) is 17.8 Å². The molecule has 0 unspecified atom stereocenters. The van der Waals surface area contributed by atoms with Crippen molar-refractivity contribution in [3.05, 3.63) is 36.2 Å². The van der Waals surface area contributed by atoms with Crippen LogP contribution in [0.25, 0.3) is 0 Å². The second kappa shape index (κ2) is 18.6. The van der Waals surface area contributed by atoms with Crippen LogP contribution in [0.1, 0.15) is 81.6 Å². The molecule has 3 rings (SSSR count). The molecule has 0 spiro atoms. The van der Waals surface area contributed by atoms with Crippen molar-refractivity contribution in [2.45, 2.75) is 130 Å². The standard InChI is InChI=1S/C39H58N2O13/c1-13-30-38(8,54-37(47)41-16-14-15-17-41)20-28(21-49-26(6)42)31(44)22(2)19-39(9,48-12)34(24(4)32(45)25(5)35(46)52-30)53-36-33(51-27(7)43)29(40(10)11)18-23(3)50-36/h14-17,20,22-25,29-30,33-34,36H,13,18-19,21H2,1-12H3/t22-,23-,24+,25-,29+,30-,33-,34-,36+,38+,39+/m1/s1. The SMILES string of the molecule is CC[C@H]1OC(=O)[C@H](C)C(=O)[C@H](C)[C@@H](O[C@@H]2O[C@H](C)C[C@H](N(C)C)[C@H]2OC(C)=O)[C@@](C)(OC)C[C@@H](C)C(=O)C(COC(C)=O)=C[C@]1(C)OC(=O)n1cccc1. The quantitative estimate of drug-likeness (QED) is 0.198. The van der Waals surface area contributed by atoms with Gasteiger partial charge in [0.2, 0.25) is 0 Å². The van der Waals surface area contributed by atoms with Crippen LogP contribution in [0.5, 0.6) is 0 Å². The fraction of sp³-hybridized carbons (Fsp3) is 0.692. The van der Waals surface area contributed by atoms with Crippen LogP contribution in [0.15, 0.2) is 36.2 Å². The fourth-order valence-corrected chi connectivity index (χ4v) is 7.33. The summed E-state index contributed by atoms with van der Waals surface area (Å²) in [5.41, 5.74) is -3.19. The van der Waals surface area contributed by atoms with Gasteiger partial charge >= 0.3 is 24.0 Å². The van der Waals surface area contributed by atoms with E-state index in [9.17, 15) is 28.8 Å². The molecule has 1 aromatic rings. The van der Waals surface area contributed by atoms with Crippen molar-refractivity contribution in [3.63, 3.8) is 0 Å². The van der Waals surface area contributed by atoms with Crippen molar-refractivity contribution >= 4 is 35.6 Å². The van der Waals surface area contributed by atoms with Gasteiger partial charge in [-0.3, -0.25) is 28.5 Å². The number of likely N-dealkylation sites (N-methyl/N-ethyl adjacent to an activating group) is 1. The van der Waals surface area contributed by atoms with Gasteiger partial charge in [-0.1, -0.05) is 20.8 Å². The second-order valence-electron chi connectivity index (χ2n) is 15.0. The Morgan fingerprint density at radius 2 is 1.63 bits per heavy atom.